The van der Waals surface area contributed by atoms with Gasteiger partial charge in [-0.2, -0.15) is 0 Å². The Morgan fingerprint density at radius 1 is 1.00 bits per heavy atom. The maximum atomic E-state index is 12.8. The highest BCUT2D eigenvalue weighted by Gasteiger charge is 2.19. The third kappa shape index (κ3) is 3.06. The molecule has 5 nitrogen and oxygen atoms in total. The summed E-state index contributed by atoms with van der Waals surface area (Å²) in [5.41, 5.74) is 5.68. The van der Waals surface area contributed by atoms with Crippen molar-refractivity contribution in [1.29, 1.82) is 0 Å². The monoisotopic (exact) mass is 360 g/mol. The molecule has 0 fully saturated rings. The van der Waals surface area contributed by atoms with Gasteiger partial charge in [-0.3, -0.25) is 9.52 Å². The van der Waals surface area contributed by atoms with Crippen LogP contribution < -0.4 is 10.5 Å². The highest BCUT2D eigenvalue weighted by Crippen LogP contribution is 2.30. The number of fused-ring (bicyclic) bond motifs is 1. The minimum Gasteiger partial charge on any atom is -0.366 e. The van der Waals surface area contributed by atoms with E-state index in [4.69, 9.17) is 17.3 Å². The molecule has 0 heterocycles. The van der Waals surface area contributed by atoms with Gasteiger partial charge in [-0.15, -0.1) is 0 Å². The summed E-state index contributed by atoms with van der Waals surface area (Å²) in [5.74, 6) is -0.635. The maximum Gasteiger partial charge on any atom is 0.262 e. The van der Waals surface area contributed by atoms with Gasteiger partial charge < -0.3 is 5.73 Å². The molecule has 3 aromatic rings. The first-order chi connectivity index (χ1) is 11.4. The Balaban J connectivity index is 2.09. The number of primary amides is 1. The van der Waals surface area contributed by atoms with Gasteiger partial charge in [0.1, 0.15) is 0 Å². The van der Waals surface area contributed by atoms with Crippen LogP contribution in [0.15, 0.2) is 65.6 Å². The van der Waals surface area contributed by atoms with E-state index in [1.807, 2.05) is 0 Å². The van der Waals surface area contributed by atoms with Crippen LogP contribution in [0.4, 0.5) is 5.69 Å². The quantitative estimate of drug-likeness (QED) is 0.747. The van der Waals surface area contributed by atoms with Crippen LogP contribution in [0.25, 0.3) is 10.8 Å². The average molecular weight is 361 g/mol. The minimum absolute atomic E-state index is 0.0649. The van der Waals surface area contributed by atoms with E-state index in [0.29, 0.717) is 10.4 Å². The topological polar surface area (TPSA) is 89.3 Å². The van der Waals surface area contributed by atoms with E-state index in [0.717, 1.165) is 5.39 Å². The Kier molecular flexibility index (Phi) is 4.17. The average Bonchev–Trinajstić information content (AvgIpc) is 2.54. The first kappa shape index (κ1) is 16.3. The molecule has 0 aromatic heterocycles. The van der Waals surface area contributed by atoms with Gasteiger partial charge in [-0.1, -0.05) is 41.9 Å². The number of sulfonamides is 1. The van der Waals surface area contributed by atoms with Crippen LogP contribution in [-0.2, 0) is 10.0 Å². The Labute approximate surface area is 144 Å². The fourth-order valence-corrected chi connectivity index (χ4v) is 4.07. The van der Waals surface area contributed by atoms with Crippen LogP contribution >= 0.6 is 11.6 Å². The SMILES string of the molecule is NC(=O)c1cccc(NS(=O)(=O)c2cccc3cccc(Cl)c23)c1. The number of nitrogens with two attached hydrogens (primary N) is 1. The number of hydrogen-bond donors (Lipinski definition) is 2. The van der Waals surface area contributed by atoms with Crippen molar-refractivity contribution in [3.63, 3.8) is 0 Å². The number of benzene rings is 3. The number of carbonyl (C=O) groups excluding carboxylic acids is 1. The van der Waals surface area contributed by atoms with Crippen molar-refractivity contribution in [1.82, 2.24) is 0 Å². The van der Waals surface area contributed by atoms with Gasteiger partial charge in [0, 0.05) is 21.7 Å². The lowest BCUT2D eigenvalue weighted by atomic mass is 10.1. The molecule has 0 unspecified atom stereocenters. The normalized spacial score (nSPS) is 11.4. The number of halogens is 1. The van der Waals surface area contributed by atoms with E-state index < -0.39 is 15.9 Å². The zero-order chi connectivity index (χ0) is 17.3. The molecule has 0 bridgehead atoms. The molecule has 0 saturated carbocycles. The van der Waals surface area contributed by atoms with Crippen molar-refractivity contribution in [2.45, 2.75) is 4.90 Å². The minimum atomic E-state index is -3.89. The lowest BCUT2D eigenvalue weighted by Crippen LogP contribution is -2.15. The third-order valence-electron chi connectivity index (χ3n) is 3.50. The molecule has 24 heavy (non-hydrogen) atoms. The molecule has 0 aliphatic carbocycles. The highest BCUT2D eigenvalue weighted by molar-refractivity contribution is 7.93. The van der Waals surface area contributed by atoms with Gasteiger partial charge in [0.15, 0.2) is 0 Å². The Bertz CT molecular complexity index is 1040. The second-order valence-corrected chi connectivity index (χ2v) is 7.20. The van der Waals surface area contributed by atoms with Gasteiger partial charge >= 0.3 is 0 Å². The number of nitrogens with one attached hydrogen (secondary N) is 1. The molecule has 0 radical (unpaired) electrons. The number of amides is 1. The molecule has 0 atom stereocenters. The molecular formula is C17H13ClN2O3S. The Hall–Kier alpha value is -2.57. The van der Waals surface area contributed by atoms with E-state index in [1.54, 1.807) is 36.4 Å². The fraction of sp³-hybridized carbons (Fsp3) is 0. The molecule has 0 spiro atoms. The van der Waals surface area contributed by atoms with Crippen LogP contribution in [0.3, 0.4) is 0 Å². The lowest BCUT2D eigenvalue weighted by molar-refractivity contribution is 0.100. The zero-order valence-electron chi connectivity index (χ0n) is 12.4. The van der Waals surface area contributed by atoms with Crippen molar-refractivity contribution in [2.24, 2.45) is 5.73 Å². The van der Waals surface area contributed by atoms with Gasteiger partial charge in [-0.05, 0) is 35.7 Å². The van der Waals surface area contributed by atoms with Crippen molar-refractivity contribution in [3.8, 4) is 0 Å². The first-order valence-corrected chi connectivity index (χ1v) is 8.84. The molecule has 0 aliphatic heterocycles. The van der Waals surface area contributed by atoms with Crippen LogP contribution in [0.2, 0.25) is 5.02 Å². The lowest BCUT2D eigenvalue weighted by Gasteiger charge is -2.12. The predicted molar refractivity (Wildman–Crippen MR) is 94.7 cm³/mol. The highest BCUT2D eigenvalue weighted by atomic mass is 35.5. The zero-order valence-corrected chi connectivity index (χ0v) is 13.9. The van der Waals surface area contributed by atoms with E-state index in [-0.39, 0.29) is 16.1 Å². The maximum absolute atomic E-state index is 12.8. The van der Waals surface area contributed by atoms with Crippen LogP contribution in [-0.4, -0.2) is 14.3 Å². The molecule has 3 rings (SSSR count). The summed E-state index contributed by atoms with van der Waals surface area (Å²) in [6.07, 6.45) is 0. The third-order valence-corrected chi connectivity index (χ3v) is 5.24. The van der Waals surface area contributed by atoms with Crippen LogP contribution in [0.5, 0.6) is 0 Å². The second kappa shape index (κ2) is 6.14. The molecule has 3 N–H and O–H groups in total. The van der Waals surface area contributed by atoms with E-state index in [2.05, 4.69) is 4.72 Å². The smallest absolute Gasteiger partial charge is 0.262 e. The Morgan fingerprint density at radius 2 is 1.67 bits per heavy atom. The number of carbonyl (C=O) groups is 1. The first-order valence-electron chi connectivity index (χ1n) is 6.98. The van der Waals surface area contributed by atoms with Gasteiger partial charge in [0.25, 0.3) is 10.0 Å². The summed E-state index contributed by atoms with van der Waals surface area (Å²) in [6, 6.07) is 16.1. The molecule has 7 heteroatoms. The van der Waals surface area contributed by atoms with E-state index in [9.17, 15) is 13.2 Å². The molecular weight excluding hydrogens is 348 g/mol. The van der Waals surface area contributed by atoms with E-state index >= 15 is 0 Å². The summed E-state index contributed by atoms with van der Waals surface area (Å²) in [6.45, 7) is 0. The van der Waals surface area contributed by atoms with Gasteiger partial charge in [0.05, 0.1) is 4.90 Å². The predicted octanol–water partition coefficient (Wildman–Crippen LogP) is 3.39. The molecule has 122 valence electrons. The summed E-state index contributed by atoms with van der Waals surface area (Å²) < 4.78 is 28.0. The number of hydrogen-bond acceptors (Lipinski definition) is 3. The summed E-state index contributed by atoms with van der Waals surface area (Å²) in [5, 5.41) is 1.51. The van der Waals surface area contributed by atoms with Crippen molar-refractivity contribution < 1.29 is 13.2 Å². The summed E-state index contributed by atoms with van der Waals surface area (Å²) in [7, 11) is -3.89. The molecule has 3 aromatic carbocycles. The standard InChI is InChI=1S/C17H13ClN2O3S/c18-14-8-2-4-11-5-3-9-15(16(11)14)24(22,23)20-13-7-1-6-12(10-13)17(19)21/h1-10,20H,(H2,19,21). The Morgan fingerprint density at radius 3 is 2.38 bits per heavy atom. The fourth-order valence-electron chi connectivity index (χ4n) is 2.43. The number of rotatable bonds is 4. The van der Waals surface area contributed by atoms with Gasteiger partial charge in [0.2, 0.25) is 5.91 Å². The van der Waals surface area contributed by atoms with E-state index in [1.165, 1.54) is 24.3 Å². The summed E-state index contributed by atoms with van der Waals surface area (Å²) in [4.78, 5) is 11.3. The molecule has 1 amide bonds. The molecule has 0 saturated heterocycles. The van der Waals surface area contributed by atoms with Crippen LogP contribution in [0.1, 0.15) is 10.4 Å². The van der Waals surface area contributed by atoms with Gasteiger partial charge in [-0.25, -0.2) is 8.42 Å². The van der Waals surface area contributed by atoms with Crippen LogP contribution in [0, 0.1) is 0 Å². The van der Waals surface area contributed by atoms with Crippen molar-refractivity contribution in [3.05, 3.63) is 71.2 Å². The largest absolute Gasteiger partial charge is 0.366 e. The number of anilines is 1. The molecule has 0 aliphatic rings. The summed E-state index contributed by atoms with van der Waals surface area (Å²) >= 11 is 6.18. The van der Waals surface area contributed by atoms with Crippen molar-refractivity contribution in [2.75, 3.05) is 4.72 Å². The van der Waals surface area contributed by atoms with Crippen molar-refractivity contribution >= 4 is 44.0 Å². The second-order valence-electron chi connectivity index (χ2n) is 5.14.